The fourth-order valence-corrected chi connectivity index (χ4v) is 2.28. The predicted molar refractivity (Wildman–Crippen MR) is 87.6 cm³/mol. The number of rotatable bonds is 6. The van der Waals surface area contributed by atoms with Crippen LogP contribution in [0.3, 0.4) is 0 Å². The number of carbonyl (C=O) groups excluding carboxylic acids is 1. The van der Waals surface area contributed by atoms with E-state index in [-0.39, 0.29) is 5.97 Å². The molecule has 0 aliphatic carbocycles. The smallest absolute Gasteiger partial charge is 0.347 e. The van der Waals surface area contributed by atoms with Gasteiger partial charge in [0, 0.05) is 0 Å². The van der Waals surface area contributed by atoms with Crippen LogP contribution in [0.5, 0.6) is 11.5 Å². The first kappa shape index (κ1) is 16.1. The summed E-state index contributed by atoms with van der Waals surface area (Å²) in [6.07, 6.45) is 0.872. The van der Waals surface area contributed by atoms with Crippen LogP contribution in [0.25, 0.3) is 0 Å². The molecule has 2 aromatic rings. The average molecular weight is 298 g/mol. The third kappa shape index (κ3) is 4.10. The van der Waals surface area contributed by atoms with Gasteiger partial charge in [-0.1, -0.05) is 44.2 Å². The third-order valence-electron chi connectivity index (χ3n) is 3.21. The lowest BCUT2D eigenvalue weighted by atomic mass is 10.0. The molecule has 0 aliphatic heterocycles. The SMILES string of the molecule is CCOc1ccccc1C(=O)Oc1ccccc1CC(C)C. The Bertz CT molecular complexity index is 632. The summed E-state index contributed by atoms with van der Waals surface area (Å²) in [4.78, 5) is 12.4. The third-order valence-corrected chi connectivity index (χ3v) is 3.21. The number of esters is 1. The first-order valence-corrected chi connectivity index (χ1v) is 7.63. The van der Waals surface area contributed by atoms with E-state index < -0.39 is 0 Å². The summed E-state index contributed by atoms with van der Waals surface area (Å²) in [6.45, 7) is 6.68. The number of ether oxygens (including phenoxy) is 2. The van der Waals surface area contributed by atoms with Gasteiger partial charge in [0.25, 0.3) is 0 Å². The van der Waals surface area contributed by atoms with E-state index in [1.165, 1.54) is 0 Å². The van der Waals surface area contributed by atoms with Gasteiger partial charge in [-0.2, -0.15) is 0 Å². The van der Waals surface area contributed by atoms with Crippen molar-refractivity contribution >= 4 is 5.97 Å². The van der Waals surface area contributed by atoms with E-state index in [0.717, 1.165) is 12.0 Å². The summed E-state index contributed by atoms with van der Waals surface area (Å²) in [7, 11) is 0. The fourth-order valence-electron chi connectivity index (χ4n) is 2.28. The molecule has 0 fully saturated rings. The Labute approximate surface area is 131 Å². The van der Waals surface area contributed by atoms with Crippen LogP contribution in [0.4, 0.5) is 0 Å². The maximum Gasteiger partial charge on any atom is 0.347 e. The molecule has 0 radical (unpaired) electrons. The van der Waals surface area contributed by atoms with Crippen LogP contribution in [0, 0.1) is 5.92 Å². The molecule has 0 aromatic heterocycles. The Kier molecular flexibility index (Phi) is 5.59. The van der Waals surface area contributed by atoms with E-state index in [1.807, 2.05) is 37.3 Å². The molecule has 0 bridgehead atoms. The monoisotopic (exact) mass is 298 g/mol. The van der Waals surface area contributed by atoms with Gasteiger partial charge in [-0.05, 0) is 43.0 Å². The lowest BCUT2D eigenvalue weighted by Gasteiger charge is -2.13. The molecule has 0 saturated carbocycles. The van der Waals surface area contributed by atoms with Crippen molar-refractivity contribution in [1.29, 1.82) is 0 Å². The predicted octanol–water partition coefficient (Wildman–Crippen LogP) is 4.50. The Balaban J connectivity index is 2.23. The molecule has 0 amide bonds. The highest BCUT2D eigenvalue weighted by molar-refractivity contribution is 5.94. The molecule has 0 spiro atoms. The van der Waals surface area contributed by atoms with Crippen molar-refractivity contribution < 1.29 is 14.3 Å². The molecule has 0 unspecified atom stereocenters. The molecule has 2 aromatic carbocycles. The summed E-state index contributed by atoms with van der Waals surface area (Å²) in [5, 5.41) is 0. The molecular weight excluding hydrogens is 276 g/mol. The quantitative estimate of drug-likeness (QED) is 0.581. The van der Waals surface area contributed by atoms with Crippen LogP contribution < -0.4 is 9.47 Å². The van der Waals surface area contributed by atoms with Crippen molar-refractivity contribution in [3.63, 3.8) is 0 Å². The van der Waals surface area contributed by atoms with Crippen LogP contribution in [-0.2, 0) is 6.42 Å². The minimum absolute atomic E-state index is 0.389. The lowest BCUT2D eigenvalue weighted by Crippen LogP contribution is -2.12. The van der Waals surface area contributed by atoms with E-state index in [0.29, 0.717) is 29.6 Å². The molecular formula is C19H22O3. The van der Waals surface area contributed by atoms with Gasteiger partial charge in [0.1, 0.15) is 17.1 Å². The number of hydrogen-bond donors (Lipinski definition) is 0. The van der Waals surface area contributed by atoms with Crippen LogP contribution in [0.1, 0.15) is 36.7 Å². The maximum atomic E-state index is 12.4. The Morgan fingerprint density at radius 1 is 1.00 bits per heavy atom. The minimum atomic E-state index is -0.389. The molecule has 0 atom stereocenters. The Morgan fingerprint density at radius 3 is 2.32 bits per heavy atom. The van der Waals surface area contributed by atoms with Crippen molar-refractivity contribution in [2.75, 3.05) is 6.61 Å². The van der Waals surface area contributed by atoms with Crippen molar-refractivity contribution in [3.05, 3.63) is 59.7 Å². The topological polar surface area (TPSA) is 35.5 Å². The standard InChI is InChI=1S/C19H22O3/c1-4-21-18-12-8-6-10-16(18)19(20)22-17-11-7-5-9-15(17)13-14(2)3/h5-12,14H,4,13H2,1-3H3. The highest BCUT2D eigenvalue weighted by Gasteiger charge is 2.16. The van der Waals surface area contributed by atoms with Crippen molar-refractivity contribution in [1.82, 2.24) is 0 Å². The molecule has 0 N–H and O–H groups in total. The zero-order valence-corrected chi connectivity index (χ0v) is 13.3. The second kappa shape index (κ2) is 7.64. The Hall–Kier alpha value is -2.29. The van der Waals surface area contributed by atoms with Crippen LogP contribution in [-0.4, -0.2) is 12.6 Å². The highest BCUT2D eigenvalue weighted by Crippen LogP contribution is 2.25. The van der Waals surface area contributed by atoms with E-state index in [2.05, 4.69) is 13.8 Å². The number of benzene rings is 2. The van der Waals surface area contributed by atoms with Crippen LogP contribution in [0.2, 0.25) is 0 Å². The number of carbonyl (C=O) groups is 1. The van der Waals surface area contributed by atoms with Crippen LogP contribution in [0.15, 0.2) is 48.5 Å². The first-order chi connectivity index (χ1) is 10.6. The number of para-hydroxylation sites is 2. The zero-order chi connectivity index (χ0) is 15.9. The minimum Gasteiger partial charge on any atom is -0.493 e. The molecule has 22 heavy (non-hydrogen) atoms. The van der Waals surface area contributed by atoms with Crippen molar-refractivity contribution in [3.8, 4) is 11.5 Å². The first-order valence-electron chi connectivity index (χ1n) is 7.63. The highest BCUT2D eigenvalue weighted by atomic mass is 16.5. The lowest BCUT2D eigenvalue weighted by molar-refractivity contribution is 0.0728. The van der Waals surface area contributed by atoms with Gasteiger partial charge >= 0.3 is 5.97 Å². The molecule has 0 heterocycles. The van der Waals surface area contributed by atoms with E-state index in [4.69, 9.17) is 9.47 Å². The van der Waals surface area contributed by atoms with E-state index in [1.54, 1.807) is 18.2 Å². The largest absolute Gasteiger partial charge is 0.493 e. The molecule has 2 rings (SSSR count). The second-order valence-corrected chi connectivity index (χ2v) is 5.52. The number of hydrogen-bond acceptors (Lipinski definition) is 3. The van der Waals surface area contributed by atoms with Gasteiger partial charge in [-0.3, -0.25) is 0 Å². The summed E-state index contributed by atoms with van der Waals surface area (Å²) in [5.74, 6) is 1.28. The normalized spacial score (nSPS) is 10.5. The van der Waals surface area contributed by atoms with Gasteiger partial charge in [0.2, 0.25) is 0 Å². The van der Waals surface area contributed by atoms with Gasteiger partial charge in [0.05, 0.1) is 6.61 Å². The van der Waals surface area contributed by atoms with E-state index >= 15 is 0 Å². The van der Waals surface area contributed by atoms with E-state index in [9.17, 15) is 4.79 Å². The Morgan fingerprint density at radius 2 is 1.64 bits per heavy atom. The van der Waals surface area contributed by atoms with Gasteiger partial charge in [-0.25, -0.2) is 4.79 Å². The molecule has 0 aliphatic rings. The molecule has 3 heteroatoms. The summed E-state index contributed by atoms with van der Waals surface area (Å²) >= 11 is 0. The molecule has 0 saturated heterocycles. The second-order valence-electron chi connectivity index (χ2n) is 5.52. The van der Waals surface area contributed by atoms with Crippen molar-refractivity contribution in [2.24, 2.45) is 5.92 Å². The van der Waals surface area contributed by atoms with Gasteiger partial charge in [-0.15, -0.1) is 0 Å². The average Bonchev–Trinajstić information content (AvgIpc) is 2.49. The zero-order valence-electron chi connectivity index (χ0n) is 13.3. The van der Waals surface area contributed by atoms with Gasteiger partial charge < -0.3 is 9.47 Å². The van der Waals surface area contributed by atoms with Crippen LogP contribution >= 0.6 is 0 Å². The summed E-state index contributed by atoms with van der Waals surface area (Å²) in [6, 6.07) is 14.8. The fraction of sp³-hybridized carbons (Fsp3) is 0.316. The molecule has 116 valence electrons. The van der Waals surface area contributed by atoms with Gasteiger partial charge in [0.15, 0.2) is 0 Å². The summed E-state index contributed by atoms with van der Waals surface area (Å²) < 4.78 is 11.1. The summed E-state index contributed by atoms with van der Waals surface area (Å²) in [5.41, 5.74) is 1.49. The molecule has 3 nitrogen and oxygen atoms in total. The maximum absolute atomic E-state index is 12.4. The van der Waals surface area contributed by atoms with Crippen molar-refractivity contribution in [2.45, 2.75) is 27.2 Å².